The van der Waals surface area contributed by atoms with Crippen molar-refractivity contribution in [2.45, 2.75) is 33.1 Å². The van der Waals surface area contributed by atoms with Crippen molar-refractivity contribution < 1.29 is 4.79 Å². The maximum Gasteiger partial charge on any atom is 0.230 e. The third kappa shape index (κ3) is 4.97. The number of hydrogen-bond donors (Lipinski definition) is 1. The molecule has 0 spiro atoms. The lowest BCUT2D eigenvalue weighted by Gasteiger charge is -2.08. The van der Waals surface area contributed by atoms with Crippen LogP contribution in [0.5, 0.6) is 0 Å². The zero-order valence-electron chi connectivity index (χ0n) is 14.5. The highest BCUT2D eigenvalue weighted by molar-refractivity contribution is 7.09. The summed E-state index contributed by atoms with van der Waals surface area (Å²) in [4.78, 5) is 20.9. The van der Waals surface area contributed by atoms with Gasteiger partial charge in [-0.2, -0.15) is 0 Å². The normalized spacial score (nSPS) is 10.6. The lowest BCUT2D eigenvalue weighted by atomic mass is 10.1. The second kappa shape index (κ2) is 8.03. The molecule has 1 aromatic carbocycles. The average Bonchev–Trinajstić information content (AvgIpc) is 3.04. The maximum absolute atomic E-state index is 12.3. The standard InChI is InChI=1S/C20H21N3OS/c1-14-3-5-18(15(2)11-14)23-19(24)12-17-13-25-20(22-17)6-4-16-7-9-21-10-8-16/h3,5,7-11,13H,4,6,12H2,1-2H3,(H,23,24). The monoisotopic (exact) mass is 351 g/mol. The van der Waals surface area contributed by atoms with Crippen LogP contribution >= 0.6 is 11.3 Å². The van der Waals surface area contributed by atoms with E-state index >= 15 is 0 Å². The number of nitrogens with one attached hydrogen (secondary N) is 1. The molecule has 3 rings (SSSR count). The molecule has 0 unspecified atom stereocenters. The van der Waals surface area contributed by atoms with Gasteiger partial charge in [0.05, 0.1) is 17.1 Å². The van der Waals surface area contributed by atoms with E-state index in [1.165, 1.54) is 11.1 Å². The number of amides is 1. The summed E-state index contributed by atoms with van der Waals surface area (Å²) in [5.41, 5.74) is 5.21. The molecule has 0 radical (unpaired) electrons. The first kappa shape index (κ1) is 17.3. The summed E-state index contributed by atoms with van der Waals surface area (Å²) in [7, 11) is 0. The van der Waals surface area contributed by atoms with Gasteiger partial charge in [-0.15, -0.1) is 11.3 Å². The zero-order valence-corrected chi connectivity index (χ0v) is 15.3. The molecular formula is C20H21N3OS. The molecule has 5 heteroatoms. The molecule has 0 saturated carbocycles. The third-order valence-corrected chi connectivity index (χ3v) is 4.93. The van der Waals surface area contributed by atoms with Gasteiger partial charge < -0.3 is 5.32 Å². The average molecular weight is 351 g/mol. The largest absolute Gasteiger partial charge is 0.326 e. The number of carbonyl (C=O) groups excluding carboxylic acids is 1. The van der Waals surface area contributed by atoms with E-state index in [2.05, 4.69) is 21.4 Å². The van der Waals surface area contributed by atoms with Crippen LogP contribution in [0.4, 0.5) is 5.69 Å². The van der Waals surface area contributed by atoms with E-state index in [1.54, 1.807) is 23.7 Å². The Hall–Kier alpha value is -2.53. The second-order valence-electron chi connectivity index (χ2n) is 6.13. The summed E-state index contributed by atoms with van der Waals surface area (Å²) in [5.74, 6) is -0.0297. The quantitative estimate of drug-likeness (QED) is 0.727. The number of thiazole rings is 1. The molecule has 25 heavy (non-hydrogen) atoms. The Labute approximate surface area is 152 Å². The highest BCUT2D eigenvalue weighted by Crippen LogP contribution is 2.17. The van der Waals surface area contributed by atoms with Gasteiger partial charge in [0.2, 0.25) is 5.91 Å². The molecule has 2 aromatic heterocycles. The van der Waals surface area contributed by atoms with Crippen LogP contribution in [0.2, 0.25) is 0 Å². The fourth-order valence-corrected chi connectivity index (χ4v) is 3.46. The van der Waals surface area contributed by atoms with E-state index in [4.69, 9.17) is 0 Å². The number of pyridine rings is 1. The van der Waals surface area contributed by atoms with Crippen molar-refractivity contribution in [3.05, 3.63) is 75.5 Å². The molecule has 1 N–H and O–H groups in total. The second-order valence-corrected chi connectivity index (χ2v) is 7.07. The van der Waals surface area contributed by atoms with E-state index in [9.17, 15) is 4.79 Å². The van der Waals surface area contributed by atoms with Crippen molar-refractivity contribution in [1.29, 1.82) is 0 Å². The number of anilines is 1. The van der Waals surface area contributed by atoms with Crippen LogP contribution in [0.3, 0.4) is 0 Å². The predicted molar refractivity (Wildman–Crippen MR) is 102 cm³/mol. The first-order valence-corrected chi connectivity index (χ1v) is 9.17. The van der Waals surface area contributed by atoms with Crippen molar-refractivity contribution in [1.82, 2.24) is 9.97 Å². The van der Waals surface area contributed by atoms with Gasteiger partial charge in [-0.1, -0.05) is 17.7 Å². The number of aryl methyl sites for hydroxylation is 4. The molecule has 1 amide bonds. The molecule has 0 aliphatic carbocycles. The lowest BCUT2D eigenvalue weighted by Crippen LogP contribution is -2.15. The minimum Gasteiger partial charge on any atom is -0.326 e. The van der Waals surface area contributed by atoms with E-state index < -0.39 is 0 Å². The van der Waals surface area contributed by atoms with Gasteiger partial charge in [-0.25, -0.2) is 4.98 Å². The zero-order chi connectivity index (χ0) is 17.6. The smallest absolute Gasteiger partial charge is 0.230 e. The molecular weight excluding hydrogens is 330 g/mol. The minimum absolute atomic E-state index is 0.0297. The molecule has 4 nitrogen and oxygen atoms in total. The van der Waals surface area contributed by atoms with Gasteiger partial charge in [0, 0.05) is 29.9 Å². The van der Waals surface area contributed by atoms with Gasteiger partial charge in [-0.05, 0) is 49.6 Å². The van der Waals surface area contributed by atoms with Crippen molar-refractivity contribution >= 4 is 22.9 Å². The fourth-order valence-electron chi connectivity index (χ4n) is 2.66. The molecule has 0 aliphatic rings. The number of nitrogens with zero attached hydrogens (tertiary/aromatic N) is 2. The lowest BCUT2D eigenvalue weighted by molar-refractivity contribution is -0.115. The molecule has 128 valence electrons. The van der Waals surface area contributed by atoms with Gasteiger partial charge in [0.1, 0.15) is 0 Å². The predicted octanol–water partition coefficient (Wildman–Crippen LogP) is 4.12. The molecule has 0 atom stereocenters. The van der Waals surface area contributed by atoms with Crippen molar-refractivity contribution in [3.63, 3.8) is 0 Å². The van der Waals surface area contributed by atoms with Crippen LogP contribution in [0.15, 0.2) is 48.1 Å². The van der Waals surface area contributed by atoms with E-state index in [0.29, 0.717) is 6.42 Å². The Kier molecular flexibility index (Phi) is 5.56. The van der Waals surface area contributed by atoms with Crippen LogP contribution in [0.1, 0.15) is 27.4 Å². The van der Waals surface area contributed by atoms with Crippen molar-refractivity contribution in [2.24, 2.45) is 0 Å². The number of rotatable bonds is 6. The molecule has 0 aliphatic heterocycles. The Bertz CT molecular complexity index is 858. The van der Waals surface area contributed by atoms with Crippen LogP contribution in [0, 0.1) is 13.8 Å². The summed E-state index contributed by atoms with van der Waals surface area (Å²) >= 11 is 1.62. The van der Waals surface area contributed by atoms with E-state index in [1.807, 2.05) is 43.5 Å². The number of benzene rings is 1. The Morgan fingerprint density at radius 1 is 1.12 bits per heavy atom. The molecule has 0 fully saturated rings. The fraction of sp³-hybridized carbons (Fsp3) is 0.250. The number of aromatic nitrogens is 2. The molecule has 0 saturated heterocycles. The summed E-state index contributed by atoms with van der Waals surface area (Å²) in [6.07, 6.45) is 5.73. The summed E-state index contributed by atoms with van der Waals surface area (Å²) in [6, 6.07) is 10.1. The topological polar surface area (TPSA) is 54.9 Å². The minimum atomic E-state index is -0.0297. The van der Waals surface area contributed by atoms with Crippen LogP contribution in [-0.2, 0) is 24.1 Å². The first-order valence-electron chi connectivity index (χ1n) is 8.29. The van der Waals surface area contributed by atoms with Gasteiger partial charge >= 0.3 is 0 Å². The highest BCUT2D eigenvalue weighted by atomic mass is 32.1. The first-order chi connectivity index (χ1) is 12.1. The number of hydrogen-bond acceptors (Lipinski definition) is 4. The molecule has 2 heterocycles. The van der Waals surface area contributed by atoms with Crippen molar-refractivity contribution in [3.8, 4) is 0 Å². The van der Waals surface area contributed by atoms with Gasteiger partial charge in [-0.3, -0.25) is 9.78 Å². The Balaban J connectivity index is 1.54. The summed E-state index contributed by atoms with van der Waals surface area (Å²) in [6.45, 7) is 4.05. The Morgan fingerprint density at radius 3 is 2.68 bits per heavy atom. The highest BCUT2D eigenvalue weighted by Gasteiger charge is 2.09. The van der Waals surface area contributed by atoms with Gasteiger partial charge in [0.15, 0.2) is 0 Å². The van der Waals surface area contributed by atoms with Crippen LogP contribution in [-0.4, -0.2) is 15.9 Å². The number of carbonyl (C=O) groups is 1. The Morgan fingerprint density at radius 2 is 1.92 bits per heavy atom. The SMILES string of the molecule is Cc1ccc(NC(=O)Cc2csc(CCc3ccncc3)n2)c(C)c1. The van der Waals surface area contributed by atoms with Crippen molar-refractivity contribution in [2.75, 3.05) is 5.32 Å². The maximum atomic E-state index is 12.3. The summed E-state index contributed by atoms with van der Waals surface area (Å²) in [5, 5.41) is 6.01. The molecule has 0 bridgehead atoms. The summed E-state index contributed by atoms with van der Waals surface area (Å²) < 4.78 is 0. The third-order valence-electron chi connectivity index (χ3n) is 3.97. The van der Waals surface area contributed by atoms with E-state index in [-0.39, 0.29) is 5.91 Å². The van der Waals surface area contributed by atoms with Crippen LogP contribution in [0.25, 0.3) is 0 Å². The van der Waals surface area contributed by atoms with Crippen LogP contribution < -0.4 is 5.32 Å². The molecule has 3 aromatic rings. The van der Waals surface area contributed by atoms with E-state index in [0.717, 1.165) is 34.8 Å². The van der Waals surface area contributed by atoms with Gasteiger partial charge in [0.25, 0.3) is 0 Å².